The molecule has 0 radical (unpaired) electrons. The van der Waals surface area contributed by atoms with Crippen LogP contribution in [0.2, 0.25) is 10.0 Å². The van der Waals surface area contributed by atoms with E-state index in [9.17, 15) is 13.2 Å². The second kappa shape index (κ2) is 8.87. The Hall–Kier alpha value is -1.60. The first-order chi connectivity index (χ1) is 14.4. The van der Waals surface area contributed by atoms with Gasteiger partial charge in [-0.05, 0) is 49.4 Å². The van der Waals surface area contributed by atoms with Gasteiger partial charge in [-0.15, -0.1) is 0 Å². The molecule has 8 heteroatoms. The van der Waals surface area contributed by atoms with Gasteiger partial charge < -0.3 is 4.90 Å². The van der Waals surface area contributed by atoms with Gasteiger partial charge in [-0.3, -0.25) is 4.79 Å². The highest BCUT2D eigenvalue weighted by Gasteiger charge is 2.39. The van der Waals surface area contributed by atoms with Crippen LogP contribution in [0.1, 0.15) is 31.2 Å². The third-order valence-electron chi connectivity index (χ3n) is 5.78. The molecule has 1 aliphatic carbocycles. The van der Waals surface area contributed by atoms with Crippen molar-refractivity contribution in [1.82, 2.24) is 9.21 Å². The third kappa shape index (κ3) is 4.67. The molecule has 1 heterocycles. The zero-order chi connectivity index (χ0) is 21.3. The van der Waals surface area contributed by atoms with Gasteiger partial charge in [-0.25, -0.2) is 8.42 Å². The van der Waals surface area contributed by atoms with Gasteiger partial charge >= 0.3 is 0 Å². The first kappa shape index (κ1) is 21.6. The second-order valence-electron chi connectivity index (χ2n) is 7.94. The molecule has 0 spiro atoms. The smallest absolute Gasteiger partial charge is 0.244 e. The second-order valence-corrected chi connectivity index (χ2v) is 10.7. The zero-order valence-corrected chi connectivity index (χ0v) is 18.8. The maximum absolute atomic E-state index is 13.2. The summed E-state index contributed by atoms with van der Waals surface area (Å²) in [5.41, 5.74) is 1.12. The van der Waals surface area contributed by atoms with Crippen molar-refractivity contribution < 1.29 is 13.2 Å². The van der Waals surface area contributed by atoms with E-state index < -0.39 is 10.0 Å². The van der Waals surface area contributed by atoms with E-state index in [1.807, 2.05) is 35.2 Å². The maximum Gasteiger partial charge on any atom is 0.244 e. The molecule has 1 amide bonds. The number of halogens is 2. The van der Waals surface area contributed by atoms with Crippen molar-refractivity contribution in [3.05, 3.63) is 64.1 Å². The first-order valence-electron chi connectivity index (χ1n) is 10.2. The number of hydrogen-bond donors (Lipinski definition) is 0. The lowest BCUT2D eigenvalue weighted by molar-refractivity contribution is -0.138. The van der Waals surface area contributed by atoms with Gasteiger partial charge in [0.2, 0.25) is 15.9 Å². The number of amides is 1. The van der Waals surface area contributed by atoms with Crippen LogP contribution in [0.3, 0.4) is 0 Å². The normalized spacial score (nSPS) is 18.3. The number of piperidine rings is 1. The molecule has 1 saturated heterocycles. The largest absolute Gasteiger partial charge is 0.335 e. The van der Waals surface area contributed by atoms with Gasteiger partial charge in [-0.1, -0.05) is 53.5 Å². The number of carbonyl (C=O) groups excluding carboxylic acids is 1. The lowest BCUT2D eigenvalue weighted by Gasteiger charge is -2.34. The van der Waals surface area contributed by atoms with E-state index in [1.165, 1.54) is 16.4 Å². The molecule has 0 bridgehead atoms. The Morgan fingerprint density at radius 1 is 1.00 bits per heavy atom. The van der Waals surface area contributed by atoms with Crippen molar-refractivity contribution in [1.29, 1.82) is 0 Å². The molecule has 30 heavy (non-hydrogen) atoms. The molecule has 0 atom stereocenters. The number of carbonyl (C=O) groups is 1. The Balaban J connectivity index is 1.43. The van der Waals surface area contributed by atoms with Gasteiger partial charge in [-0.2, -0.15) is 4.31 Å². The Morgan fingerprint density at radius 3 is 2.30 bits per heavy atom. The molecular weight excluding hydrogens is 443 g/mol. The highest BCUT2D eigenvalue weighted by molar-refractivity contribution is 7.89. The van der Waals surface area contributed by atoms with Crippen LogP contribution in [0.25, 0.3) is 0 Å². The highest BCUT2D eigenvalue weighted by atomic mass is 35.5. The third-order valence-corrected chi connectivity index (χ3v) is 8.40. The lowest BCUT2D eigenvalue weighted by Crippen LogP contribution is -2.44. The lowest BCUT2D eigenvalue weighted by atomic mass is 9.96. The summed E-state index contributed by atoms with van der Waals surface area (Å²) in [5, 5.41) is 0.476. The van der Waals surface area contributed by atoms with Crippen LogP contribution in [0.15, 0.2) is 53.4 Å². The van der Waals surface area contributed by atoms with Crippen LogP contribution >= 0.6 is 23.2 Å². The van der Waals surface area contributed by atoms with Gasteiger partial charge in [0.25, 0.3) is 0 Å². The van der Waals surface area contributed by atoms with Crippen molar-refractivity contribution in [2.45, 2.75) is 43.2 Å². The Bertz CT molecular complexity index is 1020. The van der Waals surface area contributed by atoms with Crippen molar-refractivity contribution in [3.63, 3.8) is 0 Å². The van der Waals surface area contributed by atoms with Crippen molar-refractivity contribution >= 4 is 39.1 Å². The molecular formula is C22H24Cl2N2O3S. The summed E-state index contributed by atoms with van der Waals surface area (Å²) >= 11 is 12.1. The molecule has 2 fully saturated rings. The molecule has 4 rings (SSSR count). The summed E-state index contributed by atoms with van der Waals surface area (Å²) in [7, 11) is -3.75. The van der Waals surface area contributed by atoms with E-state index in [0.29, 0.717) is 43.5 Å². The Kier molecular flexibility index (Phi) is 6.39. The van der Waals surface area contributed by atoms with Crippen LogP contribution in [0.5, 0.6) is 0 Å². The zero-order valence-electron chi connectivity index (χ0n) is 16.5. The SMILES string of the molecule is O=C(C1CCN(S(=O)(=O)c2cc(Cl)ccc2Cl)CC1)N(Cc1ccccc1)C1CC1. The van der Waals surface area contributed by atoms with E-state index in [1.54, 1.807) is 6.07 Å². The monoisotopic (exact) mass is 466 g/mol. The predicted octanol–water partition coefficient (Wildman–Crippen LogP) is 4.59. The molecule has 2 aromatic carbocycles. The fourth-order valence-electron chi connectivity index (χ4n) is 3.94. The fraction of sp³-hybridized carbons (Fsp3) is 0.409. The minimum absolute atomic E-state index is 0.0186. The summed E-state index contributed by atoms with van der Waals surface area (Å²) in [6.07, 6.45) is 3.10. The van der Waals surface area contributed by atoms with Crippen molar-refractivity contribution in [3.8, 4) is 0 Å². The van der Waals surface area contributed by atoms with Gasteiger partial charge in [0.15, 0.2) is 0 Å². The number of benzene rings is 2. The van der Waals surface area contributed by atoms with Crippen molar-refractivity contribution in [2.75, 3.05) is 13.1 Å². The average molecular weight is 467 g/mol. The molecule has 0 aromatic heterocycles. The van der Waals surface area contributed by atoms with E-state index in [0.717, 1.165) is 18.4 Å². The molecule has 0 N–H and O–H groups in total. The van der Waals surface area contributed by atoms with E-state index >= 15 is 0 Å². The fourth-order valence-corrected chi connectivity index (χ4v) is 6.15. The summed E-state index contributed by atoms with van der Waals surface area (Å²) in [6, 6.07) is 14.7. The molecule has 2 aliphatic rings. The molecule has 1 aliphatic heterocycles. The topological polar surface area (TPSA) is 57.7 Å². The van der Waals surface area contributed by atoms with Crippen LogP contribution < -0.4 is 0 Å². The van der Waals surface area contributed by atoms with Gasteiger partial charge in [0.1, 0.15) is 4.90 Å². The van der Waals surface area contributed by atoms with E-state index in [2.05, 4.69) is 0 Å². The quantitative estimate of drug-likeness (QED) is 0.625. The molecule has 2 aromatic rings. The Labute approximate surface area is 187 Å². The number of nitrogens with zero attached hydrogens (tertiary/aromatic N) is 2. The molecule has 0 unspecified atom stereocenters. The highest BCUT2D eigenvalue weighted by Crippen LogP contribution is 2.34. The van der Waals surface area contributed by atoms with Crippen molar-refractivity contribution in [2.24, 2.45) is 5.92 Å². The van der Waals surface area contributed by atoms with Crippen LogP contribution in [0.4, 0.5) is 0 Å². The minimum Gasteiger partial charge on any atom is -0.335 e. The first-order valence-corrected chi connectivity index (χ1v) is 12.4. The molecule has 5 nitrogen and oxygen atoms in total. The summed E-state index contributed by atoms with van der Waals surface area (Å²) in [6.45, 7) is 1.21. The average Bonchev–Trinajstić information content (AvgIpc) is 3.59. The van der Waals surface area contributed by atoms with Crippen LogP contribution in [-0.4, -0.2) is 42.7 Å². The standard InChI is InChI=1S/C22H24Cl2N2O3S/c23-18-6-9-20(24)21(14-18)30(28,29)25-12-10-17(11-13-25)22(27)26(19-7-8-19)15-16-4-2-1-3-5-16/h1-6,9,14,17,19H,7-8,10-13,15H2. The van der Waals surface area contributed by atoms with Crippen LogP contribution in [0, 0.1) is 5.92 Å². The minimum atomic E-state index is -3.75. The summed E-state index contributed by atoms with van der Waals surface area (Å²) in [4.78, 5) is 15.2. The number of sulfonamides is 1. The summed E-state index contributed by atoms with van der Waals surface area (Å²) in [5.74, 6) is -0.0187. The molecule has 1 saturated carbocycles. The van der Waals surface area contributed by atoms with Gasteiger partial charge in [0.05, 0.1) is 5.02 Å². The number of rotatable bonds is 6. The van der Waals surface area contributed by atoms with Gasteiger partial charge in [0, 0.05) is 36.6 Å². The molecule has 160 valence electrons. The van der Waals surface area contributed by atoms with E-state index in [4.69, 9.17) is 23.2 Å². The predicted molar refractivity (Wildman–Crippen MR) is 118 cm³/mol. The number of hydrogen-bond acceptors (Lipinski definition) is 3. The van der Waals surface area contributed by atoms with Crippen LogP contribution in [-0.2, 0) is 21.4 Å². The maximum atomic E-state index is 13.2. The Morgan fingerprint density at radius 2 is 1.67 bits per heavy atom. The summed E-state index contributed by atoms with van der Waals surface area (Å²) < 4.78 is 27.4. The van der Waals surface area contributed by atoms with E-state index in [-0.39, 0.29) is 21.7 Å².